The Morgan fingerprint density at radius 3 is 2.72 bits per heavy atom. The third kappa shape index (κ3) is 3.82. The molecule has 0 saturated carbocycles. The minimum atomic E-state index is -0.504. The third-order valence-corrected chi connectivity index (χ3v) is 4.23. The zero-order chi connectivity index (χ0) is 13.5. The number of hydrogen-bond acceptors (Lipinski definition) is 3. The molecule has 0 radical (unpaired) electrons. The van der Waals surface area contributed by atoms with Crippen LogP contribution in [0.5, 0.6) is 0 Å². The highest BCUT2D eigenvalue weighted by Crippen LogP contribution is 2.20. The highest BCUT2D eigenvalue weighted by atomic mass is 32.1. The van der Waals surface area contributed by atoms with Crippen molar-refractivity contribution < 1.29 is 4.79 Å². The summed E-state index contributed by atoms with van der Waals surface area (Å²) < 4.78 is 0. The van der Waals surface area contributed by atoms with Gasteiger partial charge in [0.2, 0.25) is 5.91 Å². The fourth-order valence-electron chi connectivity index (χ4n) is 1.87. The van der Waals surface area contributed by atoms with Crippen LogP contribution < -0.4 is 5.73 Å². The zero-order valence-corrected chi connectivity index (χ0v) is 12.4. The highest BCUT2D eigenvalue weighted by molar-refractivity contribution is 7.10. The quantitative estimate of drug-likeness (QED) is 0.825. The summed E-state index contributed by atoms with van der Waals surface area (Å²) in [5.74, 6) is 0.0558. The van der Waals surface area contributed by atoms with Gasteiger partial charge in [0.1, 0.15) is 6.04 Å². The van der Waals surface area contributed by atoms with E-state index in [9.17, 15) is 4.79 Å². The van der Waals surface area contributed by atoms with E-state index in [-0.39, 0.29) is 11.9 Å². The second kappa shape index (κ2) is 7.54. The molecule has 0 saturated heterocycles. The van der Waals surface area contributed by atoms with Crippen LogP contribution in [0.15, 0.2) is 17.5 Å². The molecular weight excluding hydrogens is 244 g/mol. The molecular formula is C14H24N2OS. The summed E-state index contributed by atoms with van der Waals surface area (Å²) >= 11 is 1.55. The Kier molecular flexibility index (Phi) is 6.36. The lowest BCUT2D eigenvalue weighted by Gasteiger charge is -2.30. The monoisotopic (exact) mass is 268 g/mol. The first-order chi connectivity index (χ1) is 8.61. The largest absolute Gasteiger partial charge is 0.338 e. The van der Waals surface area contributed by atoms with Crippen LogP contribution in [-0.2, 0) is 4.79 Å². The average Bonchev–Trinajstić information content (AvgIpc) is 2.91. The van der Waals surface area contributed by atoms with Gasteiger partial charge in [-0.2, -0.15) is 0 Å². The number of unbranched alkanes of at least 4 members (excludes halogenated alkanes) is 1. The van der Waals surface area contributed by atoms with Crippen molar-refractivity contribution in [1.29, 1.82) is 0 Å². The second-order valence-electron chi connectivity index (χ2n) is 4.64. The first-order valence-electron chi connectivity index (χ1n) is 6.71. The molecule has 102 valence electrons. The fraction of sp³-hybridized carbons (Fsp3) is 0.643. The van der Waals surface area contributed by atoms with Crippen molar-refractivity contribution in [1.82, 2.24) is 4.90 Å². The molecule has 1 aromatic rings. The van der Waals surface area contributed by atoms with Crippen molar-refractivity contribution in [3.63, 3.8) is 0 Å². The molecule has 1 amide bonds. The van der Waals surface area contributed by atoms with Crippen LogP contribution in [0.2, 0.25) is 0 Å². The Labute approximate surface area is 114 Å². The van der Waals surface area contributed by atoms with E-state index in [2.05, 4.69) is 20.8 Å². The molecule has 0 aromatic carbocycles. The molecule has 18 heavy (non-hydrogen) atoms. The molecule has 0 spiro atoms. The van der Waals surface area contributed by atoms with Crippen molar-refractivity contribution in [3.8, 4) is 0 Å². The van der Waals surface area contributed by atoms with Crippen LogP contribution in [0.3, 0.4) is 0 Å². The molecule has 3 nitrogen and oxygen atoms in total. The predicted molar refractivity (Wildman–Crippen MR) is 77.6 cm³/mol. The standard InChI is InChI=1S/C14H24N2OS/c1-4-6-9-16(11(3)5-2)14(17)13(15)12-8-7-10-18-12/h7-8,10-11,13H,4-6,9,15H2,1-3H3. The van der Waals surface area contributed by atoms with Gasteiger partial charge in [0.25, 0.3) is 0 Å². The summed E-state index contributed by atoms with van der Waals surface area (Å²) in [5, 5.41) is 1.96. The van der Waals surface area contributed by atoms with Gasteiger partial charge in [-0.15, -0.1) is 11.3 Å². The van der Waals surface area contributed by atoms with Gasteiger partial charge in [0.05, 0.1) is 0 Å². The SMILES string of the molecule is CCCCN(C(=O)C(N)c1cccs1)C(C)CC. The lowest BCUT2D eigenvalue weighted by Crippen LogP contribution is -2.43. The Morgan fingerprint density at radius 2 is 2.22 bits per heavy atom. The van der Waals surface area contributed by atoms with Crippen LogP contribution in [0.25, 0.3) is 0 Å². The number of thiophene rings is 1. The van der Waals surface area contributed by atoms with Crippen LogP contribution in [0.4, 0.5) is 0 Å². The van der Waals surface area contributed by atoms with E-state index >= 15 is 0 Å². The van der Waals surface area contributed by atoms with Gasteiger partial charge >= 0.3 is 0 Å². The van der Waals surface area contributed by atoms with Crippen molar-refractivity contribution in [2.24, 2.45) is 5.73 Å². The molecule has 0 aliphatic heterocycles. The zero-order valence-electron chi connectivity index (χ0n) is 11.6. The number of nitrogens with zero attached hydrogens (tertiary/aromatic N) is 1. The van der Waals surface area contributed by atoms with E-state index in [0.29, 0.717) is 0 Å². The van der Waals surface area contributed by atoms with Gasteiger partial charge < -0.3 is 10.6 Å². The molecule has 0 aliphatic carbocycles. The van der Waals surface area contributed by atoms with Gasteiger partial charge in [0, 0.05) is 17.5 Å². The van der Waals surface area contributed by atoms with Gasteiger partial charge in [-0.05, 0) is 31.2 Å². The number of carbonyl (C=O) groups is 1. The van der Waals surface area contributed by atoms with Crippen molar-refractivity contribution in [2.75, 3.05) is 6.54 Å². The maximum absolute atomic E-state index is 12.5. The molecule has 1 heterocycles. The summed E-state index contributed by atoms with van der Waals surface area (Å²) in [6, 6.07) is 3.63. The van der Waals surface area contributed by atoms with Crippen molar-refractivity contribution >= 4 is 17.2 Å². The summed E-state index contributed by atoms with van der Waals surface area (Å²) in [4.78, 5) is 15.3. The number of amides is 1. The molecule has 0 fully saturated rings. The lowest BCUT2D eigenvalue weighted by atomic mass is 10.1. The maximum atomic E-state index is 12.5. The van der Waals surface area contributed by atoms with Crippen LogP contribution in [0, 0.1) is 0 Å². The number of hydrogen-bond donors (Lipinski definition) is 1. The van der Waals surface area contributed by atoms with Gasteiger partial charge in [-0.3, -0.25) is 4.79 Å². The van der Waals surface area contributed by atoms with E-state index in [4.69, 9.17) is 5.73 Å². The molecule has 1 aromatic heterocycles. The van der Waals surface area contributed by atoms with Crippen molar-refractivity contribution in [2.45, 2.75) is 52.1 Å². The Bertz CT molecular complexity index is 351. The van der Waals surface area contributed by atoms with Crippen molar-refractivity contribution in [3.05, 3.63) is 22.4 Å². The van der Waals surface area contributed by atoms with Crippen LogP contribution >= 0.6 is 11.3 Å². The second-order valence-corrected chi connectivity index (χ2v) is 5.61. The molecule has 1 rings (SSSR count). The predicted octanol–water partition coefficient (Wildman–Crippen LogP) is 3.18. The molecule has 2 N–H and O–H groups in total. The Balaban J connectivity index is 2.74. The van der Waals surface area contributed by atoms with E-state index in [1.807, 2.05) is 22.4 Å². The first kappa shape index (κ1) is 15.2. The molecule has 4 heteroatoms. The number of carbonyl (C=O) groups excluding carboxylic acids is 1. The summed E-state index contributed by atoms with van der Waals surface area (Å²) in [7, 11) is 0. The Hall–Kier alpha value is -0.870. The molecule has 2 atom stereocenters. The van der Waals surface area contributed by atoms with Gasteiger partial charge in [-0.1, -0.05) is 26.3 Å². The highest BCUT2D eigenvalue weighted by Gasteiger charge is 2.25. The van der Waals surface area contributed by atoms with Gasteiger partial charge in [-0.25, -0.2) is 0 Å². The lowest BCUT2D eigenvalue weighted by molar-refractivity contribution is -0.134. The van der Waals surface area contributed by atoms with E-state index in [0.717, 1.165) is 30.7 Å². The number of nitrogens with two attached hydrogens (primary N) is 1. The normalized spacial score (nSPS) is 14.2. The summed E-state index contributed by atoms with van der Waals surface area (Å²) in [6.45, 7) is 7.14. The van der Waals surface area contributed by atoms with Gasteiger partial charge in [0.15, 0.2) is 0 Å². The van der Waals surface area contributed by atoms with E-state index in [1.165, 1.54) is 0 Å². The third-order valence-electron chi connectivity index (χ3n) is 3.27. The topological polar surface area (TPSA) is 46.3 Å². The smallest absolute Gasteiger partial charge is 0.245 e. The van der Waals surface area contributed by atoms with E-state index in [1.54, 1.807) is 11.3 Å². The molecule has 0 bridgehead atoms. The first-order valence-corrected chi connectivity index (χ1v) is 7.59. The molecule has 0 aliphatic rings. The fourth-order valence-corrected chi connectivity index (χ4v) is 2.58. The van der Waals surface area contributed by atoms with Crippen LogP contribution in [-0.4, -0.2) is 23.4 Å². The summed E-state index contributed by atoms with van der Waals surface area (Å²) in [5.41, 5.74) is 6.07. The minimum Gasteiger partial charge on any atom is -0.338 e. The average molecular weight is 268 g/mol. The molecule has 2 unspecified atom stereocenters. The van der Waals surface area contributed by atoms with E-state index < -0.39 is 6.04 Å². The van der Waals surface area contributed by atoms with Crippen LogP contribution in [0.1, 0.15) is 51.0 Å². The summed E-state index contributed by atoms with van der Waals surface area (Å²) in [6.07, 6.45) is 3.09. The Morgan fingerprint density at radius 1 is 1.50 bits per heavy atom. The number of rotatable bonds is 7. The minimum absolute atomic E-state index is 0.0558. The maximum Gasteiger partial charge on any atom is 0.245 e.